The van der Waals surface area contributed by atoms with Gasteiger partial charge in [-0.25, -0.2) is 4.98 Å². The highest BCUT2D eigenvalue weighted by Crippen LogP contribution is 2.25. The van der Waals surface area contributed by atoms with Crippen LogP contribution in [-0.4, -0.2) is 34.2 Å². The van der Waals surface area contributed by atoms with E-state index in [0.717, 1.165) is 32.2 Å². The zero-order chi connectivity index (χ0) is 14.4. The molecule has 5 nitrogen and oxygen atoms in total. The first-order valence-corrected chi connectivity index (χ1v) is 7.57. The molecule has 0 radical (unpaired) electrons. The molecule has 5 heteroatoms. The van der Waals surface area contributed by atoms with Crippen molar-refractivity contribution in [3.63, 3.8) is 0 Å². The minimum Gasteiger partial charge on any atom is -0.466 e. The number of carbonyl (C=O) groups excluding carboxylic acids is 1. The van der Waals surface area contributed by atoms with E-state index in [2.05, 4.69) is 21.8 Å². The summed E-state index contributed by atoms with van der Waals surface area (Å²) in [5.41, 5.74) is 0. The molecule has 1 heterocycles. The van der Waals surface area contributed by atoms with Gasteiger partial charge in [-0.15, -0.1) is 0 Å². The summed E-state index contributed by atoms with van der Waals surface area (Å²) >= 11 is 0. The number of rotatable bonds is 6. The first-order chi connectivity index (χ1) is 9.69. The summed E-state index contributed by atoms with van der Waals surface area (Å²) in [4.78, 5) is 15.9. The monoisotopic (exact) mass is 279 g/mol. The summed E-state index contributed by atoms with van der Waals surface area (Å²) in [7, 11) is 0. The Morgan fingerprint density at radius 3 is 3.10 bits per heavy atom. The second-order valence-corrected chi connectivity index (χ2v) is 5.64. The molecular weight excluding hydrogens is 254 g/mol. The van der Waals surface area contributed by atoms with Gasteiger partial charge in [0.1, 0.15) is 0 Å². The number of nitrogens with one attached hydrogen (secondary N) is 1. The van der Waals surface area contributed by atoms with Gasteiger partial charge in [0.2, 0.25) is 0 Å². The van der Waals surface area contributed by atoms with Crippen LogP contribution in [0.25, 0.3) is 0 Å². The zero-order valence-corrected chi connectivity index (χ0v) is 12.4. The van der Waals surface area contributed by atoms with Crippen LogP contribution in [0.2, 0.25) is 0 Å². The Labute approximate surface area is 120 Å². The maximum Gasteiger partial charge on any atom is 0.308 e. The van der Waals surface area contributed by atoms with E-state index in [1.807, 2.05) is 19.4 Å². The second kappa shape index (κ2) is 7.43. The van der Waals surface area contributed by atoms with Crippen molar-refractivity contribution in [2.75, 3.05) is 6.61 Å². The SMILES string of the molecule is CCOC(=O)C1CCCC(NC(C)Cn2ccnc2)C1. The molecule has 3 unspecified atom stereocenters. The van der Waals surface area contributed by atoms with E-state index in [9.17, 15) is 4.79 Å². The van der Waals surface area contributed by atoms with Crippen LogP contribution in [0, 0.1) is 5.92 Å². The molecule has 1 saturated carbocycles. The molecule has 0 bridgehead atoms. The van der Waals surface area contributed by atoms with E-state index in [1.54, 1.807) is 6.20 Å². The van der Waals surface area contributed by atoms with E-state index in [1.165, 1.54) is 0 Å². The molecule has 20 heavy (non-hydrogen) atoms. The molecule has 1 fully saturated rings. The van der Waals surface area contributed by atoms with Crippen LogP contribution < -0.4 is 5.32 Å². The van der Waals surface area contributed by atoms with Crippen molar-refractivity contribution in [1.82, 2.24) is 14.9 Å². The average molecular weight is 279 g/mol. The maximum absolute atomic E-state index is 11.8. The van der Waals surface area contributed by atoms with Crippen LogP contribution in [0.4, 0.5) is 0 Å². The summed E-state index contributed by atoms with van der Waals surface area (Å²) in [6.07, 6.45) is 9.70. The normalized spacial score (nSPS) is 24.3. The van der Waals surface area contributed by atoms with Crippen molar-refractivity contribution in [3.05, 3.63) is 18.7 Å². The zero-order valence-electron chi connectivity index (χ0n) is 12.4. The Balaban J connectivity index is 1.78. The van der Waals surface area contributed by atoms with Crippen molar-refractivity contribution in [2.45, 2.75) is 58.2 Å². The van der Waals surface area contributed by atoms with E-state index in [-0.39, 0.29) is 11.9 Å². The average Bonchev–Trinajstić information content (AvgIpc) is 2.92. The molecule has 0 saturated heterocycles. The van der Waals surface area contributed by atoms with Crippen molar-refractivity contribution in [1.29, 1.82) is 0 Å². The number of imidazole rings is 1. The van der Waals surface area contributed by atoms with E-state index in [4.69, 9.17) is 4.74 Å². The van der Waals surface area contributed by atoms with Crippen LogP contribution >= 0.6 is 0 Å². The summed E-state index contributed by atoms with van der Waals surface area (Å²) in [5, 5.41) is 3.63. The maximum atomic E-state index is 11.8. The lowest BCUT2D eigenvalue weighted by atomic mass is 9.85. The highest BCUT2D eigenvalue weighted by atomic mass is 16.5. The highest BCUT2D eigenvalue weighted by molar-refractivity contribution is 5.72. The molecule has 2 rings (SSSR count). The van der Waals surface area contributed by atoms with Gasteiger partial charge in [-0.2, -0.15) is 0 Å². The Bertz CT molecular complexity index is 405. The number of nitrogens with zero attached hydrogens (tertiary/aromatic N) is 2. The number of aromatic nitrogens is 2. The fraction of sp³-hybridized carbons (Fsp3) is 0.733. The van der Waals surface area contributed by atoms with Gasteiger partial charge in [-0.3, -0.25) is 4.79 Å². The Hall–Kier alpha value is -1.36. The van der Waals surface area contributed by atoms with Gasteiger partial charge < -0.3 is 14.6 Å². The van der Waals surface area contributed by atoms with Crippen LogP contribution in [0.1, 0.15) is 39.5 Å². The number of ether oxygens (including phenoxy) is 1. The summed E-state index contributed by atoms with van der Waals surface area (Å²) < 4.78 is 7.21. The predicted octanol–water partition coefficient (Wildman–Crippen LogP) is 1.98. The topological polar surface area (TPSA) is 56.1 Å². The molecule has 0 amide bonds. The molecule has 1 aromatic heterocycles. The molecule has 0 aromatic carbocycles. The minimum atomic E-state index is -0.0266. The summed E-state index contributed by atoms with van der Waals surface area (Å²) in [6, 6.07) is 0.784. The standard InChI is InChI=1S/C15H25N3O2/c1-3-20-15(19)13-5-4-6-14(9-13)17-12(2)10-18-8-7-16-11-18/h7-8,11-14,17H,3-6,9-10H2,1-2H3. The third-order valence-electron chi connectivity index (χ3n) is 3.86. The quantitative estimate of drug-likeness (QED) is 0.809. The lowest BCUT2D eigenvalue weighted by Gasteiger charge is -2.30. The van der Waals surface area contributed by atoms with Gasteiger partial charge in [0.25, 0.3) is 0 Å². The van der Waals surface area contributed by atoms with Crippen molar-refractivity contribution >= 4 is 5.97 Å². The fourth-order valence-electron chi connectivity index (χ4n) is 2.98. The van der Waals surface area contributed by atoms with Crippen LogP contribution in [0.5, 0.6) is 0 Å². The molecule has 112 valence electrons. The summed E-state index contributed by atoms with van der Waals surface area (Å²) in [5.74, 6) is 0.0444. The van der Waals surface area contributed by atoms with E-state index in [0.29, 0.717) is 18.7 Å². The smallest absolute Gasteiger partial charge is 0.308 e. The molecule has 1 aliphatic carbocycles. The van der Waals surface area contributed by atoms with Gasteiger partial charge in [0.05, 0.1) is 18.9 Å². The van der Waals surface area contributed by atoms with E-state index >= 15 is 0 Å². The fourth-order valence-corrected chi connectivity index (χ4v) is 2.98. The van der Waals surface area contributed by atoms with Crippen LogP contribution in [0.15, 0.2) is 18.7 Å². The van der Waals surface area contributed by atoms with Gasteiger partial charge in [-0.1, -0.05) is 6.42 Å². The van der Waals surface area contributed by atoms with Crippen molar-refractivity contribution < 1.29 is 9.53 Å². The Morgan fingerprint density at radius 2 is 2.40 bits per heavy atom. The van der Waals surface area contributed by atoms with Gasteiger partial charge in [0.15, 0.2) is 0 Å². The highest BCUT2D eigenvalue weighted by Gasteiger charge is 2.28. The molecule has 1 aromatic rings. The third kappa shape index (κ3) is 4.34. The van der Waals surface area contributed by atoms with Crippen molar-refractivity contribution in [3.8, 4) is 0 Å². The van der Waals surface area contributed by atoms with E-state index < -0.39 is 0 Å². The second-order valence-electron chi connectivity index (χ2n) is 5.64. The molecule has 1 N–H and O–H groups in total. The number of carbonyl (C=O) groups is 1. The molecular formula is C15H25N3O2. The van der Waals surface area contributed by atoms with Gasteiger partial charge in [-0.05, 0) is 33.1 Å². The first-order valence-electron chi connectivity index (χ1n) is 7.57. The van der Waals surface area contributed by atoms with Crippen LogP contribution in [0.3, 0.4) is 0 Å². The lowest BCUT2D eigenvalue weighted by molar-refractivity contribution is -0.149. The number of hydrogen-bond acceptors (Lipinski definition) is 4. The Morgan fingerprint density at radius 1 is 1.55 bits per heavy atom. The van der Waals surface area contributed by atoms with Crippen molar-refractivity contribution in [2.24, 2.45) is 5.92 Å². The number of esters is 1. The lowest BCUT2D eigenvalue weighted by Crippen LogP contribution is -2.42. The van der Waals surface area contributed by atoms with Crippen LogP contribution in [-0.2, 0) is 16.1 Å². The largest absolute Gasteiger partial charge is 0.466 e. The van der Waals surface area contributed by atoms with Gasteiger partial charge >= 0.3 is 5.97 Å². The minimum absolute atomic E-state index is 0.0266. The molecule has 0 spiro atoms. The predicted molar refractivity (Wildman–Crippen MR) is 77.2 cm³/mol. The third-order valence-corrected chi connectivity index (χ3v) is 3.86. The number of hydrogen-bond donors (Lipinski definition) is 1. The summed E-state index contributed by atoms with van der Waals surface area (Å²) in [6.45, 7) is 5.42. The first kappa shape index (κ1) is 15.0. The molecule has 1 aliphatic rings. The molecule has 0 aliphatic heterocycles. The Kier molecular flexibility index (Phi) is 5.59. The molecule has 3 atom stereocenters. The van der Waals surface area contributed by atoms with Gasteiger partial charge in [0, 0.05) is 31.0 Å².